The highest BCUT2D eigenvalue weighted by Gasteiger charge is 2.25. The molecule has 0 aliphatic carbocycles. The summed E-state index contributed by atoms with van der Waals surface area (Å²) in [6.07, 6.45) is 1.98. The van der Waals surface area contributed by atoms with Crippen LogP contribution in [-0.2, 0) is 20.2 Å². The Balaban J connectivity index is 1.56. The van der Waals surface area contributed by atoms with Crippen molar-refractivity contribution in [2.75, 3.05) is 27.2 Å². The molecule has 8 heteroatoms. The fourth-order valence-electron chi connectivity index (χ4n) is 3.24. The largest absolute Gasteiger partial charge is 0.455 e. The number of furan rings is 1. The zero-order valence-corrected chi connectivity index (χ0v) is 15.0. The van der Waals surface area contributed by atoms with Gasteiger partial charge in [-0.2, -0.15) is 0 Å². The van der Waals surface area contributed by atoms with Crippen molar-refractivity contribution in [1.82, 2.24) is 24.6 Å². The van der Waals surface area contributed by atoms with Crippen LogP contribution in [-0.4, -0.2) is 62.8 Å². The van der Waals surface area contributed by atoms with Gasteiger partial charge in [-0.3, -0.25) is 9.69 Å². The first-order valence-corrected chi connectivity index (χ1v) is 8.51. The molecule has 1 saturated heterocycles. The van der Waals surface area contributed by atoms with Crippen LogP contribution >= 0.6 is 0 Å². The summed E-state index contributed by atoms with van der Waals surface area (Å²) in [5, 5.41) is 17.5. The molecular weight excluding hydrogens is 322 g/mol. The number of carbonyl (C=O) groups is 1. The molecule has 1 fully saturated rings. The van der Waals surface area contributed by atoms with Gasteiger partial charge in [0.2, 0.25) is 0 Å². The van der Waals surface area contributed by atoms with Crippen LogP contribution in [0.1, 0.15) is 46.7 Å². The zero-order chi connectivity index (χ0) is 18.0. The van der Waals surface area contributed by atoms with Crippen molar-refractivity contribution in [3.8, 4) is 0 Å². The van der Waals surface area contributed by atoms with E-state index in [0.717, 1.165) is 37.5 Å². The molecular formula is C17H25N5O3. The number of nitrogens with zero attached hydrogens (tertiary/aromatic N) is 5. The van der Waals surface area contributed by atoms with Gasteiger partial charge in [0, 0.05) is 27.1 Å². The minimum atomic E-state index is -0.119. The van der Waals surface area contributed by atoms with Crippen LogP contribution in [0.4, 0.5) is 0 Å². The molecule has 0 unspecified atom stereocenters. The third kappa shape index (κ3) is 3.74. The van der Waals surface area contributed by atoms with Gasteiger partial charge < -0.3 is 19.0 Å². The first-order valence-electron chi connectivity index (χ1n) is 8.51. The Bertz CT molecular complexity index is 728. The molecule has 1 amide bonds. The lowest BCUT2D eigenvalue weighted by Crippen LogP contribution is -2.33. The van der Waals surface area contributed by atoms with Crippen LogP contribution in [0.15, 0.2) is 16.5 Å². The van der Waals surface area contributed by atoms with Gasteiger partial charge in [0.25, 0.3) is 5.91 Å². The van der Waals surface area contributed by atoms with Crippen molar-refractivity contribution in [2.45, 2.75) is 31.9 Å². The van der Waals surface area contributed by atoms with Crippen LogP contribution < -0.4 is 0 Å². The molecule has 0 radical (unpaired) electrons. The third-order valence-electron chi connectivity index (χ3n) is 4.75. The van der Waals surface area contributed by atoms with E-state index < -0.39 is 0 Å². The number of aromatic nitrogens is 3. The molecule has 136 valence electrons. The molecule has 8 nitrogen and oxygen atoms in total. The smallest absolute Gasteiger partial charge is 0.289 e. The molecule has 1 N–H and O–H groups in total. The minimum Gasteiger partial charge on any atom is -0.455 e. The summed E-state index contributed by atoms with van der Waals surface area (Å²) >= 11 is 0. The number of aliphatic hydroxyl groups is 1. The Labute approximate surface area is 147 Å². The molecule has 2 aromatic rings. The molecule has 1 aliphatic rings. The van der Waals surface area contributed by atoms with E-state index in [2.05, 4.69) is 15.1 Å². The molecule has 3 heterocycles. The summed E-state index contributed by atoms with van der Waals surface area (Å²) < 4.78 is 7.57. The molecule has 0 spiro atoms. The Morgan fingerprint density at radius 1 is 1.32 bits per heavy atom. The molecule has 0 saturated carbocycles. The summed E-state index contributed by atoms with van der Waals surface area (Å²) in [6, 6.07) is 3.61. The zero-order valence-electron chi connectivity index (χ0n) is 15.0. The summed E-state index contributed by atoms with van der Waals surface area (Å²) in [4.78, 5) is 15.7. The van der Waals surface area contributed by atoms with E-state index in [-0.39, 0.29) is 12.5 Å². The molecule has 0 atom stereocenters. The highest BCUT2D eigenvalue weighted by atomic mass is 16.4. The van der Waals surface area contributed by atoms with Crippen molar-refractivity contribution in [3.05, 3.63) is 35.3 Å². The number of carbonyl (C=O) groups excluding carboxylic acids is 1. The number of rotatable bonds is 5. The summed E-state index contributed by atoms with van der Waals surface area (Å²) in [5.74, 6) is 2.98. The first kappa shape index (κ1) is 17.6. The van der Waals surface area contributed by atoms with Crippen LogP contribution in [0.2, 0.25) is 0 Å². The number of piperidine rings is 1. The standard InChI is InChI=1S/C17H25N5O3/c1-20(2)17(24)14-5-4-13(25-14)10-22-8-6-12(7-9-22)16-19-18-15(11-23)21(16)3/h4-5,12,23H,6-11H2,1-3H3. The highest BCUT2D eigenvalue weighted by molar-refractivity contribution is 5.91. The van der Waals surface area contributed by atoms with Crippen LogP contribution in [0.25, 0.3) is 0 Å². The van der Waals surface area contributed by atoms with Gasteiger partial charge in [0.15, 0.2) is 11.6 Å². The summed E-state index contributed by atoms with van der Waals surface area (Å²) in [7, 11) is 5.33. The van der Waals surface area contributed by atoms with E-state index in [4.69, 9.17) is 4.42 Å². The van der Waals surface area contributed by atoms with Gasteiger partial charge >= 0.3 is 0 Å². The molecule has 3 rings (SSSR count). The topological polar surface area (TPSA) is 87.6 Å². The maximum atomic E-state index is 11.9. The van der Waals surface area contributed by atoms with Crippen molar-refractivity contribution >= 4 is 5.91 Å². The lowest BCUT2D eigenvalue weighted by Gasteiger charge is -2.30. The van der Waals surface area contributed by atoms with E-state index in [0.29, 0.717) is 24.0 Å². The van der Waals surface area contributed by atoms with E-state index in [1.54, 1.807) is 20.2 Å². The van der Waals surface area contributed by atoms with Crippen molar-refractivity contribution in [1.29, 1.82) is 0 Å². The first-order chi connectivity index (χ1) is 12.0. The predicted molar refractivity (Wildman–Crippen MR) is 90.9 cm³/mol. The van der Waals surface area contributed by atoms with Crippen molar-refractivity contribution in [2.24, 2.45) is 7.05 Å². The quantitative estimate of drug-likeness (QED) is 0.868. The van der Waals surface area contributed by atoms with E-state index in [9.17, 15) is 9.90 Å². The highest BCUT2D eigenvalue weighted by Crippen LogP contribution is 2.27. The SMILES string of the molecule is CN(C)C(=O)c1ccc(CN2CCC(c3nnc(CO)n3C)CC2)o1. The average Bonchev–Trinajstić information content (AvgIpc) is 3.21. The van der Waals surface area contributed by atoms with Gasteiger partial charge in [-0.25, -0.2) is 0 Å². The molecule has 1 aliphatic heterocycles. The van der Waals surface area contributed by atoms with E-state index in [1.165, 1.54) is 4.90 Å². The lowest BCUT2D eigenvalue weighted by molar-refractivity contribution is 0.0792. The number of amides is 1. The normalized spacial score (nSPS) is 16.3. The summed E-state index contributed by atoms with van der Waals surface area (Å²) in [6.45, 7) is 2.48. The molecule has 0 bridgehead atoms. The Morgan fingerprint density at radius 3 is 2.64 bits per heavy atom. The fraction of sp³-hybridized carbons (Fsp3) is 0.588. The van der Waals surface area contributed by atoms with Crippen molar-refractivity contribution < 1.29 is 14.3 Å². The second-order valence-corrected chi connectivity index (χ2v) is 6.71. The van der Waals surface area contributed by atoms with Crippen LogP contribution in [0.5, 0.6) is 0 Å². The van der Waals surface area contributed by atoms with E-state index >= 15 is 0 Å². The Hall–Kier alpha value is -2.19. The summed E-state index contributed by atoms with van der Waals surface area (Å²) in [5.41, 5.74) is 0. The number of likely N-dealkylation sites (tertiary alicyclic amines) is 1. The fourth-order valence-corrected chi connectivity index (χ4v) is 3.24. The molecule has 25 heavy (non-hydrogen) atoms. The lowest BCUT2D eigenvalue weighted by atomic mass is 9.96. The van der Waals surface area contributed by atoms with Gasteiger partial charge in [-0.05, 0) is 38.1 Å². The van der Waals surface area contributed by atoms with E-state index in [1.807, 2.05) is 17.7 Å². The molecule has 0 aromatic carbocycles. The Kier molecular flexibility index (Phi) is 5.19. The van der Waals surface area contributed by atoms with Gasteiger partial charge in [0.1, 0.15) is 18.2 Å². The predicted octanol–water partition coefficient (Wildman–Crippen LogP) is 0.982. The van der Waals surface area contributed by atoms with Crippen LogP contribution in [0.3, 0.4) is 0 Å². The number of hydrogen-bond acceptors (Lipinski definition) is 6. The maximum Gasteiger partial charge on any atom is 0.289 e. The van der Waals surface area contributed by atoms with Crippen molar-refractivity contribution in [3.63, 3.8) is 0 Å². The second-order valence-electron chi connectivity index (χ2n) is 6.71. The average molecular weight is 347 g/mol. The van der Waals surface area contributed by atoms with Gasteiger partial charge in [0.05, 0.1) is 6.54 Å². The van der Waals surface area contributed by atoms with Gasteiger partial charge in [-0.15, -0.1) is 10.2 Å². The second kappa shape index (κ2) is 7.37. The number of aliphatic hydroxyl groups excluding tert-OH is 1. The van der Waals surface area contributed by atoms with Crippen LogP contribution in [0, 0.1) is 0 Å². The molecule has 2 aromatic heterocycles. The van der Waals surface area contributed by atoms with Gasteiger partial charge in [-0.1, -0.05) is 0 Å². The monoisotopic (exact) mass is 347 g/mol. The number of hydrogen-bond donors (Lipinski definition) is 1. The maximum absolute atomic E-state index is 11.9. The Morgan fingerprint density at radius 2 is 2.04 bits per heavy atom. The third-order valence-corrected chi connectivity index (χ3v) is 4.75. The minimum absolute atomic E-state index is 0.0885.